The minimum Gasteiger partial charge on any atom is -0.494 e. The topological polar surface area (TPSA) is 50.7 Å². The zero-order valence-electron chi connectivity index (χ0n) is 13.4. The molecule has 0 atom stereocenters. The van der Waals surface area contributed by atoms with Crippen LogP contribution in [0.1, 0.15) is 22.8 Å². The molecule has 0 aliphatic carbocycles. The third-order valence-electron chi connectivity index (χ3n) is 3.58. The third kappa shape index (κ3) is 3.79. The summed E-state index contributed by atoms with van der Waals surface area (Å²) >= 11 is 0. The van der Waals surface area contributed by atoms with Gasteiger partial charge in [0.1, 0.15) is 5.75 Å². The van der Waals surface area contributed by atoms with Gasteiger partial charge in [0, 0.05) is 5.56 Å². The fraction of sp³-hybridized carbons (Fsp3) is 0.100. The number of benzene rings is 3. The van der Waals surface area contributed by atoms with Crippen LogP contribution < -0.4 is 10.2 Å². The Labute approximate surface area is 140 Å². The average Bonchev–Trinajstić information content (AvgIpc) is 2.62. The van der Waals surface area contributed by atoms with Gasteiger partial charge in [0.2, 0.25) is 0 Å². The Morgan fingerprint density at radius 3 is 2.54 bits per heavy atom. The van der Waals surface area contributed by atoms with Crippen LogP contribution in [-0.4, -0.2) is 18.7 Å². The molecule has 3 aromatic carbocycles. The molecule has 4 nitrogen and oxygen atoms in total. The molecule has 4 heteroatoms. The highest BCUT2D eigenvalue weighted by atomic mass is 16.5. The van der Waals surface area contributed by atoms with Crippen LogP contribution in [-0.2, 0) is 0 Å². The number of hydrogen-bond donors (Lipinski definition) is 1. The monoisotopic (exact) mass is 318 g/mol. The smallest absolute Gasteiger partial charge is 0.271 e. The van der Waals surface area contributed by atoms with Crippen LogP contribution in [0.5, 0.6) is 5.75 Å². The number of carbonyl (C=O) groups is 1. The van der Waals surface area contributed by atoms with Crippen molar-refractivity contribution in [3.63, 3.8) is 0 Å². The second-order valence-corrected chi connectivity index (χ2v) is 5.26. The van der Waals surface area contributed by atoms with Gasteiger partial charge in [-0.25, -0.2) is 5.43 Å². The number of rotatable bonds is 5. The predicted octanol–water partition coefficient (Wildman–Crippen LogP) is 4.00. The average molecular weight is 318 g/mol. The highest BCUT2D eigenvalue weighted by Crippen LogP contribution is 2.14. The lowest BCUT2D eigenvalue weighted by atomic mass is 10.1. The maximum Gasteiger partial charge on any atom is 0.271 e. The fourth-order valence-corrected chi connectivity index (χ4v) is 2.39. The van der Waals surface area contributed by atoms with Crippen molar-refractivity contribution in [1.82, 2.24) is 5.43 Å². The molecular weight excluding hydrogens is 300 g/mol. The number of carbonyl (C=O) groups excluding carboxylic acids is 1. The van der Waals surface area contributed by atoms with Gasteiger partial charge < -0.3 is 4.74 Å². The number of amides is 1. The maximum absolute atomic E-state index is 12.1. The molecule has 24 heavy (non-hydrogen) atoms. The summed E-state index contributed by atoms with van der Waals surface area (Å²) < 4.78 is 5.35. The van der Waals surface area contributed by atoms with E-state index in [-0.39, 0.29) is 5.91 Å². The Hall–Kier alpha value is -3.14. The summed E-state index contributed by atoms with van der Waals surface area (Å²) in [5.41, 5.74) is 4.00. The van der Waals surface area contributed by atoms with Crippen molar-refractivity contribution in [2.75, 3.05) is 6.61 Å². The number of hydrogen-bond acceptors (Lipinski definition) is 3. The Kier molecular flexibility index (Phi) is 4.87. The number of ether oxygens (including phenoxy) is 1. The molecule has 0 fully saturated rings. The van der Waals surface area contributed by atoms with Crippen LogP contribution in [0.25, 0.3) is 10.8 Å². The molecule has 3 aromatic rings. The number of nitrogens with one attached hydrogen (secondary N) is 1. The molecule has 0 heterocycles. The van der Waals surface area contributed by atoms with E-state index in [0.29, 0.717) is 12.2 Å². The van der Waals surface area contributed by atoms with E-state index in [1.54, 1.807) is 30.5 Å². The lowest BCUT2D eigenvalue weighted by Crippen LogP contribution is -2.17. The fourth-order valence-electron chi connectivity index (χ4n) is 2.39. The van der Waals surface area contributed by atoms with Crippen molar-refractivity contribution >= 4 is 22.9 Å². The number of hydrazone groups is 1. The number of fused-ring (bicyclic) bond motifs is 1. The Morgan fingerprint density at radius 2 is 1.79 bits per heavy atom. The first-order valence-corrected chi connectivity index (χ1v) is 7.81. The van der Waals surface area contributed by atoms with Crippen molar-refractivity contribution in [1.29, 1.82) is 0 Å². The van der Waals surface area contributed by atoms with Crippen LogP contribution in [0.3, 0.4) is 0 Å². The minimum atomic E-state index is -0.255. The zero-order valence-corrected chi connectivity index (χ0v) is 13.4. The van der Waals surface area contributed by atoms with Gasteiger partial charge in [-0.3, -0.25) is 4.79 Å². The van der Waals surface area contributed by atoms with Crippen LogP contribution in [0.4, 0.5) is 0 Å². The summed E-state index contributed by atoms with van der Waals surface area (Å²) in [7, 11) is 0. The maximum atomic E-state index is 12.1. The summed E-state index contributed by atoms with van der Waals surface area (Å²) in [5, 5.41) is 6.34. The zero-order chi connectivity index (χ0) is 16.8. The van der Waals surface area contributed by atoms with Crippen molar-refractivity contribution in [3.05, 3.63) is 77.9 Å². The molecule has 0 radical (unpaired) electrons. The Balaban J connectivity index is 1.64. The van der Waals surface area contributed by atoms with E-state index in [1.807, 2.05) is 43.3 Å². The van der Waals surface area contributed by atoms with Gasteiger partial charge in [0.15, 0.2) is 0 Å². The lowest BCUT2D eigenvalue weighted by molar-refractivity contribution is 0.0955. The van der Waals surface area contributed by atoms with Crippen LogP contribution in [0.15, 0.2) is 71.8 Å². The molecule has 0 unspecified atom stereocenters. The van der Waals surface area contributed by atoms with Crippen molar-refractivity contribution < 1.29 is 9.53 Å². The second kappa shape index (κ2) is 7.42. The third-order valence-corrected chi connectivity index (χ3v) is 3.58. The first-order valence-electron chi connectivity index (χ1n) is 7.81. The van der Waals surface area contributed by atoms with E-state index in [2.05, 4.69) is 16.6 Å². The molecule has 1 amide bonds. The molecule has 0 saturated heterocycles. The van der Waals surface area contributed by atoms with E-state index >= 15 is 0 Å². The van der Waals surface area contributed by atoms with Crippen LogP contribution in [0.2, 0.25) is 0 Å². The molecule has 0 aliphatic heterocycles. The highest BCUT2D eigenvalue weighted by molar-refractivity contribution is 5.95. The first kappa shape index (κ1) is 15.7. The molecule has 3 rings (SSSR count). The first-order chi connectivity index (χ1) is 11.8. The van der Waals surface area contributed by atoms with Gasteiger partial charge in [-0.05, 0) is 53.6 Å². The molecule has 0 aromatic heterocycles. The Morgan fingerprint density at radius 1 is 1.04 bits per heavy atom. The molecule has 0 bridgehead atoms. The molecule has 1 N–H and O–H groups in total. The Bertz CT molecular complexity index is 870. The van der Waals surface area contributed by atoms with E-state index in [0.717, 1.165) is 16.7 Å². The predicted molar refractivity (Wildman–Crippen MR) is 96.6 cm³/mol. The van der Waals surface area contributed by atoms with Gasteiger partial charge in [-0.2, -0.15) is 5.10 Å². The second-order valence-electron chi connectivity index (χ2n) is 5.26. The summed E-state index contributed by atoms with van der Waals surface area (Å²) in [4.78, 5) is 12.1. The molecule has 0 aliphatic rings. The summed E-state index contributed by atoms with van der Waals surface area (Å²) in [6.45, 7) is 2.52. The molecule has 120 valence electrons. The van der Waals surface area contributed by atoms with Gasteiger partial charge in [-0.1, -0.05) is 36.4 Å². The van der Waals surface area contributed by atoms with Crippen molar-refractivity contribution in [2.24, 2.45) is 5.10 Å². The lowest BCUT2D eigenvalue weighted by Gasteiger charge is -2.04. The summed E-state index contributed by atoms with van der Waals surface area (Å²) in [6, 6.07) is 21.1. The summed E-state index contributed by atoms with van der Waals surface area (Å²) in [6.07, 6.45) is 1.64. The van der Waals surface area contributed by atoms with E-state index < -0.39 is 0 Å². The van der Waals surface area contributed by atoms with Gasteiger partial charge >= 0.3 is 0 Å². The largest absolute Gasteiger partial charge is 0.494 e. The van der Waals surface area contributed by atoms with Crippen LogP contribution >= 0.6 is 0 Å². The molecule has 0 saturated carbocycles. The van der Waals surface area contributed by atoms with E-state index in [9.17, 15) is 4.79 Å². The molecule has 0 spiro atoms. The van der Waals surface area contributed by atoms with E-state index in [4.69, 9.17) is 4.74 Å². The highest BCUT2D eigenvalue weighted by Gasteiger charge is 2.04. The summed E-state index contributed by atoms with van der Waals surface area (Å²) in [5.74, 6) is 0.490. The van der Waals surface area contributed by atoms with Crippen molar-refractivity contribution in [3.8, 4) is 5.75 Å². The number of nitrogens with zero attached hydrogens (tertiary/aromatic N) is 1. The SMILES string of the molecule is CCOc1ccc(C(=O)N/N=C\c2ccc3ccccc3c2)cc1. The van der Waals surface area contributed by atoms with Gasteiger partial charge in [0.25, 0.3) is 5.91 Å². The van der Waals surface area contributed by atoms with Crippen LogP contribution in [0, 0.1) is 0 Å². The quantitative estimate of drug-likeness (QED) is 0.571. The standard InChI is InChI=1S/C20H18N2O2/c1-2-24-19-11-9-17(10-12-19)20(23)22-21-14-15-7-8-16-5-3-4-6-18(16)13-15/h3-14H,2H2,1H3,(H,22,23)/b21-14-. The minimum absolute atomic E-state index is 0.255. The van der Waals surface area contributed by atoms with E-state index in [1.165, 1.54) is 5.39 Å². The van der Waals surface area contributed by atoms with Gasteiger partial charge in [-0.15, -0.1) is 0 Å². The normalized spacial score (nSPS) is 10.9. The van der Waals surface area contributed by atoms with Crippen molar-refractivity contribution in [2.45, 2.75) is 6.92 Å². The van der Waals surface area contributed by atoms with Gasteiger partial charge in [0.05, 0.1) is 12.8 Å². The molecular formula is C20H18N2O2.